The Kier molecular flexibility index (Phi) is 6.55. The quantitative estimate of drug-likeness (QED) is 0.545. The van der Waals surface area contributed by atoms with Crippen LogP contribution in [0.15, 0.2) is 97.1 Å². The van der Waals surface area contributed by atoms with Crippen molar-refractivity contribution in [1.82, 2.24) is 4.90 Å². The number of hydrogen-bond acceptors (Lipinski definition) is 3. The van der Waals surface area contributed by atoms with E-state index in [0.717, 1.165) is 36.3 Å². The fourth-order valence-corrected chi connectivity index (χ4v) is 4.56. The molecule has 32 heavy (non-hydrogen) atoms. The second-order valence-electron chi connectivity index (χ2n) is 8.75. The Morgan fingerprint density at radius 3 is 1.94 bits per heavy atom. The number of piperidine rings is 1. The molecule has 1 saturated heterocycles. The molecule has 1 aliphatic heterocycles. The van der Waals surface area contributed by atoms with E-state index in [2.05, 4.69) is 36.1 Å². The Bertz CT molecular complexity index is 1030. The first-order chi connectivity index (χ1) is 15.6. The summed E-state index contributed by atoms with van der Waals surface area (Å²) in [4.78, 5) is 2.34. The van der Waals surface area contributed by atoms with E-state index < -0.39 is 11.0 Å². The van der Waals surface area contributed by atoms with Crippen molar-refractivity contribution in [1.29, 1.82) is 5.26 Å². The van der Waals surface area contributed by atoms with Gasteiger partial charge in [0.25, 0.3) is 0 Å². The average molecular weight is 423 g/mol. The van der Waals surface area contributed by atoms with E-state index in [0.29, 0.717) is 12.8 Å². The van der Waals surface area contributed by atoms with Gasteiger partial charge in [0.1, 0.15) is 5.41 Å². The first-order valence-electron chi connectivity index (χ1n) is 11.3. The predicted molar refractivity (Wildman–Crippen MR) is 129 cm³/mol. The lowest BCUT2D eigenvalue weighted by molar-refractivity contribution is -0.0234. The van der Waals surface area contributed by atoms with Crippen LogP contribution in [-0.4, -0.2) is 29.6 Å². The Hall–Kier alpha value is -3.19. The number of likely N-dealkylation sites (tertiary alicyclic amines) is 1. The van der Waals surface area contributed by atoms with E-state index in [4.69, 9.17) is 0 Å². The monoisotopic (exact) mass is 422 g/mol. The van der Waals surface area contributed by atoms with Crippen LogP contribution in [-0.2, 0) is 11.0 Å². The van der Waals surface area contributed by atoms with Crippen LogP contribution in [0.5, 0.6) is 0 Å². The third-order valence-corrected chi connectivity index (χ3v) is 6.64. The molecule has 0 amide bonds. The van der Waals surface area contributed by atoms with Crippen LogP contribution in [0.25, 0.3) is 0 Å². The number of aryl methyl sites for hydroxylation is 1. The topological polar surface area (TPSA) is 47.3 Å². The van der Waals surface area contributed by atoms with E-state index in [9.17, 15) is 10.4 Å². The normalized spacial score (nSPS) is 16.7. The zero-order valence-corrected chi connectivity index (χ0v) is 18.6. The zero-order chi connectivity index (χ0) is 22.4. The van der Waals surface area contributed by atoms with Crippen LogP contribution < -0.4 is 0 Å². The molecular formula is C29H30N2O. The number of aliphatic hydroxyl groups is 1. The van der Waals surface area contributed by atoms with Gasteiger partial charge in [0, 0.05) is 19.6 Å². The Balaban J connectivity index is 1.48. The van der Waals surface area contributed by atoms with Crippen molar-refractivity contribution in [2.45, 2.75) is 30.8 Å². The molecule has 0 bridgehead atoms. The maximum Gasteiger partial charge on any atom is 0.125 e. The van der Waals surface area contributed by atoms with Crippen LogP contribution in [0.1, 0.15) is 35.1 Å². The standard InChI is InChI=1S/C29H30N2O/c1-24-13-15-27(16-14-24)29(32)18-21-31(22-19-29)20-8-17-28(23-30,25-9-4-2-5-10-25)26-11-6-3-7-12-26/h2-17,32H,18-22H2,1H3/b17-8+. The molecule has 162 valence electrons. The van der Waals surface area contributed by atoms with Crippen molar-refractivity contribution in [3.05, 3.63) is 119 Å². The highest BCUT2D eigenvalue weighted by Crippen LogP contribution is 2.35. The van der Waals surface area contributed by atoms with Gasteiger partial charge < -0.3 is 5.11 Å². The van der Waals surface area contributed by atoms with Gasteiger partial charge in [-0.05, 0) is 36.5 Å². The van der Waals surface area contributed by atoms with Crippen LogP contribution in [0.3, 0.4) is 0 Å². The summed E-state index contributed by atoms with van der Waals surface area (Å²) in [5.41, 5.74) is 2.58. The number of benzene rings is 3. The molecule has 0 atom stereocenters. The van der Waals surface area contributed by atoms with Gasteiger partial charge in [0.15, 0.2) is 0 Å². The fraction of sp³-hybridized carbons (Fsp3) is 0.276. The molecule has 0 spiro atoms. The summed E-state index contributed by atoms with van der Waals surface area (Å²) in [5, 5.41) is 21.4. The molecule has 0 aromatic heterocycles. The summed E-state index contributed by atoms with van der Waals surface area (Å²) < 4.78 is 0. The molecule has 3 nitrogen and oxygen atoms in total. The molecule has 1 fully saturated rings. The SMILES string of the molecule is Cc1ccc(C2(O)CCN(C/C=C/C(C#N)(c3ccccc3)c3ccccc3)CC2)cc1. The van der Waals surface area contributed by atoms with Gasteiger partial charge in [-0.3, -0.25) is 4.90 Å². The Morgan fingerprint density at radius 2 is 1.44 bits per heavy atom. The number of rotatable bonds is 6. The third-order valence-electron chi connectivity index (χ3n) is 6.64. The molecule has 1 N–H and O–H groups in total. The lowest BCUT2D eigenvalue weighted by Crippen LogP contribution is -2.42. The average Bonchev–Trinajstić information content (AvgIpc) is 2.85. The van der Waals surface area contributed by atoms with Crippen LogP contribution in [0.2, 0.25) is 0 Å². The number of nitriles is 1. The molecule has 0 radical (unpaired) electrons. The first kappa shape index (κ1) is 22.0. The molecule has 4 rings (SSSR count). The highest BCUT2D eigenvalue weighted by atomic mass is 16.3. The summed E-state index contributed by atoms with van der Waals surface area (Å²) >= 11 is 0. The van der Waals surface area contributed by atoms with Crippen molar-refractivity contribution in [2.24, 2.45) is 0 Å². The van der Waals surface area contributed by atoms with Crippen molar-refractivity contribution < 1.29 is 5.11 Å². The third kappa shape index (κ3) is 4.53. The smallest absolute Gasteiger partial charge is 0.125 e. The Labute approximate surface area is 191 Å². The van der Waals surface area contributed by atoms with Gasteiger partial charge in [-0.2, -0.15) is 5.26 Å². The summed E-state index contributed by atoms with van der Waals surface area (Å²) in [6, 6.07) is 30.8. The van der Waals surface area contributed by atoms with Gasteiger partial charge in [-0.25, -0.2) is 0 Å². The second-order valence-corrected chi connectivity index (χ2v) is 8.75. The summed E-state index contributed by atoms with van der Waals surface area (Å²) in [6.45, 7) is 4.47. The van der Waals surface area contributed by atoms with E-state index in [1.165, 1.54) is 5.56 Å². The van der Waals surface area contributed by atoms with Gasteiger partial charge in [0.2, 0.25) is 0 Å². The van der Waals surface area contributed by atoms with E-state index in [1.807, 2.05) is 78.9 Å². The largest absolute Gasteiger partial charge is 0.385 e. The van der Waals surface area contributed by atoms with E-state index >= 15 is 0 Å². The lowest BCUT2D eigenvalue weighted by atomic mass is 9.75. The minimum absolute atomic E-state index is 0.713. The van der Waals surface area contributed by atoms with Crippen LogP contribution >= 0.6 is 0 Å². The van der Waals surface area contributed by atoms with Crippen molar-refractivity contribution >= 4 is 0 Å². The highest BCUT2D eigenvalue weighted by Gasteiger charge is 2.34. The molecule has 1 heterocycles. The second kappa shape index (κ2) is 9.53. The number of hydrogen-bond donors (Lipinski definition) is 1. The van der Waals surface area contributed by atoms with Gasteiger partial charge >= 0.3 is 0 Å². The maximum atomic E-state index is 11.2. The van der Waals surface area contributed by atoms with Crippen LogP contribution in [0.4, 0.5) is 0 Å². The molecule has 3 aromatic carbocycles. The summed E-state index contributed by atoms with van der Waals surface area (Å²) in [6.07, 6.45) is 5.58. The lowest BCUT2D eigenvalue weighted by Gasteiger charge is -2.38. The van der Waals surface area contributed by atoms with Gasteiger partial charge in [-0.1, -0.05) is 103 Å². The maximum absolute atomic E-state index is 11.2. The minimum Gasteiger partial charge on any atom is -0.385 e. The number of nitrogens with zero attached hydrogens (tertiary/aromatic N) is 2. The van der Waals surface area contributed by atoms with Gasteiger partial charge in [-0.15, -0.1) is 0 Å². The Morgan fingerprint density at radius 1 is 0.906 bits per heavy atom. The molecular weight excluding hydrogens is 392 g/mol. The van der Waals surface area contributed by atoms with Crippen molar-refractivity contribution in [3.8, 4) is 6.07 Å². The molecule has 3 aromatic rings. The molecule has 1 aliphatic rings. The van der Waals surface area contributed by atoms with Gasteiger partial charge in [0.05, 0.1) is 11.7 Å². The molecule has 3 heteroatoms. The zero-order valence-electron chi connectivity index (χ0n) is 18.6. The number of allylic oxidation sites excluding steroid dienone is 1. The molecule has 0 saturated carbocycles. The molecule has 0 unspecified atom stereocenters. The fourth-order valence-electron chi connectivity index (χ4n) is 4.56. The van der Waals surface area contributed by atoms with Crippen LogP contribution in [0, 0.1) is 18.3 Å². The first-order valence-corrected chi connectivity index (χ1v) is 11.3. The van der Waals surface area contributed by atoms with Crippen molar-refractivity contribution in [2.75, 3.05) is 19.6 Å². The predicted octanol–water partition coefficient (Wildman–Crippen LogP) is 5.34. The van der Waals surface area contributed by atoms with Crippen molar-refractivity contribution in [3.63, 3.8) is 0 Å². The minimum atomic E-state index is -0.819. The van der Waals surface area contributed by atoms with E-state index in [1.54, 1.807) is 0 Å². The summed E-state index contributed by atoms with van der Waals surface area (Å²) in [5.74, 6) is 0. The molecule has 0 aliphatic carbocycles. The highest BCUT2D eigenvalue weighted by molar-refractivity contribution is 5.51. The summed E-state index contributed by atoms with van der Waals surface area (Å²) in [7, 11) is 0. The van der Waals surface area contributed by atoms with E-state index in [-0.39, 0.29) is 0 Å².